The number of fused-ring (bicyclic) bond motifs is 1. The van der Waals surface area contributed by atoms with E-state index in [1.165, 1.54) is 0 Å². The van der Waals surface area contributed by atoms with Crippen LogP contribution < -0.4 is 0 Å². The zero-order valence-corrected chi connectivity index (χ0v) is 15.6. The summed E-state index contributed by atoms with van der Waals surface area (Å²) in [6.45, 7) is 3.32. The fourth-order valence-corrected chi connectivity index (χ4v) is 4.57. The molecule has 1 aromatic rings. The summed E-state index contributed by atoms with van der Waals surface area (Å²) in [4.78, 5) is 25.1. The molecule has 2 fully saturated rings. The van der Waals surface area contributed by atoms with Crippen LogP contribution >= 0.6 is 0 Å². The van der Waals surface area contributed by atoms with Crippen molar-refractivity contribution >= 4 is 11.9 Å². The minimum Gasteiger partial charge on any atom is -0.481 e. The molecule has 1 amide bonds. The molecular formula is C19H29N3O4. The number of aromatic nitrogens is 2. The average Bonchev–Trinajstić information content (AvgIpc) is 3.27. The second kappa shape index (κ2) is 8.18. The van der Waals surface area contributed by atoms with Crippen molar-refractivity contribution in [1.29, 1.82) is 0 Å². The first-order chi connectivity index (χ1) is 12.5. The third-order valence-corrected chi connectivity index (χ3v) is 5.96. The van der Waals surface area contributed by atoms with Gasteiger partial charge in [0.15, 0.2) is 0 Å². The number of amides is 1. The van der Waals surface area contributed by atoms with Crippen LogP contribution in [-0.2, 0) is 15.0 Å². The van der Waals surface area contributed by atoms with Crippen LogP contribution in [0.4, 0.5) is 0 Å². The first-order valence-electron chi connectivity index (χ1n) is 9.81. The molecule has 1 aliphatic carbocycles. The van der Waals surface area contributed by atoms with Crippen molar-refractivity contribution in [3.8, 4) is 0 Å². The Morgan fingerprint density at radius 2 is 1.92 bits per heavy atom. The molecule has 1 saturated carbocycles. The zero-order chi connectivity index (χ0) is 18.6. The van der Waals surface area contributed by atoms with Crippen molar-refractivity contribution in [2.24, 2.45) is 5.92 Å². The highest BCUT2D eigenvalue weighted by Gasteiger charge is 2.54. The second-order valence-corrected chi connectivity index (χ2v) is 7.81. The third-order valence-electron chi connectivity index (χ3n) is 5.96. The minimum atomic E-state index is -0.731. The first-order valence-corrected chi connectivity index (χ1v) is 9.81. The summed E-state index contributed by atoms with van der Waals surface area (Å²) < 4.78 is 5.75. The predicted molar refractivity (Wildman–Crippen MR) is 94.6 cm³/mol. The highest BCUT2D eigenvalue weighted by molar-refractivity contribution is 5.76. The normalized spacial score (nSPS) is 24.8. The molecule has 0 spiro atoms. The summed E-state index contributed by atoms with van der Waals surface area (Å²) in [5.41, 5.74) is -0.131. The van der Waals surface area contributed by atoms with Crippen LogP contribution in [0.3, 0.4) is 0 Å². The Morgan fingerprint density at radius 1 is 1.19 bits per heavy atom. The van der Waals surface area contributed by atoms with Crippen molar-refractivity contribution < 1.29 is 19.1 Å². The van der Waals surface area contributed by atoms with Gasteiger partial charge in [-0.05, 0) is 31.6 Å². The molecule has 3 rings (SSSR count). The molecule has 26 heavy (non-hydrogen) atoms. The van der Waals surface area contributed by atoms with E-state index in [-0.39, 0.29) is 17.7 Å². The van der Waals surface area contributed by atoms with Crippen molar-refractivity contribution in [3.05, 3.63) is 11.8 Å². The number of nitrogens with zero attached hydrogens (tertiary/aromatic N) is 3. The van der Waals surface area contributed by atoms with E-state index in [0.717, 1.165) is 57.9 Å². The lowest BCUT2D eigenvalue weighted by molar-refractivity contribution is -0.137. The lowest BCUT2D eigenvalue weighted by atomic mass is 9.80. The number of carboxylic acid groups (broad SMARTS) is 1. The third kappa shape index (κ3) is 4.07. The topological polar surface area (TPSA) is 96.5 Å². The fourth-order valence-electron chi connectivity index (χ4n) is 4.57. The van der Waals surface area contributed by atoms with Crippen LogP contribution in [0.5, 0.6) is 0 Å². The fraction of sp³-hybridized carbons (Fsp3) is 0.789. The van der Waals surface area contributed by atoms with Gasteiger partial charge in [0.25, 0.3) is 0 Å². The summed E-state index contributed by atoms with van der Waals surface area (Å²) in [7, 11) is 0. The molecule has 1 saturated heterocycles. The van der Waals surface area contributed by atoms with E-state index >= 15 is 0 Å². The van der Waals surface area contributed by atoms with E-state index in [4.69, 9.17) is 9.52 Å². The predicted octanol–water partition coefficient (Wildman–Crippen LogP) is 3.07. The maximum Gasteiger partial charge on any atom is 0.303 e. The molecule has 2 heterocycles. The quantitative estimate of drug-likeness (QED) is 0.677. The minimum absolute atomic E-state index is 0.131. The van der Waals surface area contributed by atoms with Crippen LogP contribution in [0.15, 0.2) is 4.42 Å². The van der Waals surface area contributed by atoms with Gasteiger partial charge in [0.05, 0.1) is 5.41 Å². The number of carboxylic acids is 1. The van der Waals surface area contributed by atoms with Crippen LogP contribution in [0.1, 0.15) is 76.0 Å². The van der Waals surface area contributed by atoms with Crippen molar-refractivity contribution in [2.75, 3.05) is 13.1 Å². The first kappa shape index (κ1) is 18.9. The Bertz CT molecular complexity index is 644. The van der Waals surface area contributed by atoms with Gasteiger partial charge in [-0.2, -0.15) is 0 Å². The van der Waals surface area contributed by atoms with E-state index in [0.29, 0.717) is 30.7 Å². The maximum atomic E-state index is 12.6. The van der Waals surface area contributed by atoms with Gasteiger partial charge in [-0.3, -0.25) is 9.59 Å². The average molecular weight is 363 g/mol. The smallest absolute Gasteiger partial charge is 0.303 e. The van der Waals surface area contributed by atoms with Crippen LogP contribution in [-0.4, -0.2) is 45.2 Å². The molecule has 144 valence electrons. The number of rotatable bonds is 9. The molecule has 2 atom stereocenters. The van der Waals surface area contributed by atoms with Gasteiger partial charge >= 0.3 is 5.97 Å². The maximum absolute atomic E-state index is 12.6. The summed E-state index contributed by atoms with van der Waals surface area (Å²) in [6.07, 6.45) is 8.61. The molecule has 1 N–H and O–H groups in total. The highest BCUT2D eigenvalue weighted by Crippen LogP contribution is 2.50. The van der Waals surface area contributed by atoms with E-state index in [1.807, 2.05) is 11.8 Å². The Hall–Kier alpha value is -1.92. The standard InChI is InChI=1S/C19H29N3O4/c1-14-20-21-18(26-14)19-11-7-8-15(19)12-22(13-19)16(23)9-5-3-2-4-6-10-17(24)25/h15H,2-13H2,1H3,(H,24,25)/t15-,19-/m0/s1. The molecule has 1 aliphatic heterocycles. The zero-order valence-electron chi connectivity index (χ0n) is 15.6. The molecule has 0 radical (unpaired) electrons. The Kier molecular flexibility index (Phi) is 5.94. The molecule has 0 bridgehead atoms. The number of aliphatic carboxylic acids is 1. The van der Waals surface area contributed by atoms with E-state index in [9.17, 15) is 9.59 Å². The number of hydrogen-bond donors (Lipinski definition) is 1. The van der Waals surface area contributed by atoms with Crippen LogP contribution in [0, 0.1) is 12.8 Å². The Balaban J connectivity index is 1.44. The lowest BCUT2D eigenvalue weighted by Gasteiger charge is -2.24. The summed E-state index contributed by atoms with van der Waals surface area (Å²) in [6, 6.07) is 0. The largest absolute Gasteiger partial charge is 0.481 e. The van der Waals surface area contributed by atoms with Gasteiger partial charge in [-0.25, -0.2) is 0 Å². The molecule has 7 heteroatoms. The molecule has 2 aliphatic rings. The molecular weight excluding hydrogens is 334 g/mol. The summed E-state index contributed by atoms with van der Waals surface area (Å²) >= 11 is 0. The van der Waals surface area contributed by atoms with Crippen molar-refractivity contribution in [2.45, 2.75) is 76.5 Å². The van der Waals surface area contributed by atoms with Crippen LogP contribution in [0.25, 0.3) is 0 Å². The molecule has 7 nitrogen and oxygen atoms in total. The number of hydrogen-bond acceptors (Lipinski definition) is 5. The van der Waals surface area contributed by atoms with Crippen LogP contribution in [0.2, 0.25) is 0 Å². The van der Waals surface area contributed by atoms with E-state index < -0.39 is 5.97 Å². The molecule has 1 aromatic heterocycles. The van der Waals surface area contributed by atoms with Gasteiger partial charge in [0, 0.05) is 32.9 Å². The number of aryl methyl sites for hydroxylation is 1. The lowest BCUT2D eigenvalue weighted by Crippen LogP contribution is -2.34. The summed E-state index contributed by atoms with van der Waals surface area (Å²) in [5, 5.41) is 16.9. The van der Waals surface area contributed by atoms with E-state index in [1.54, 1.807) is 0 Å². The Morgan fingerprint density at radius 3 is 2.62 bits per heavy atom. The Labute approximate surface area is 154 Å². The van der Waals surface area contributed by atoms with Gasteiger partial charge in [0.1, 0.15) is 0 Å². The molecule has 0 aromatic carbocycles. The monoisotopic (exact) mass is 363 g/mol. The highest BCUT2D eigenvalue weighted by atomic mass is 16.4. The van der Waals surface area contributed by atoms with E-state index in [2.05, 4.69) is 10.2 Å². The number of carbonyl (C=O) groups excluding carboxylic acids is 1. The number of unbranched alkanes of at least 4 members (excludes halogenated alkanes) is 4. The number of carbonyl (C=O) groups is 2. The summed E-state index contributed by atoms with van der Waals surface area (Å²) in [5.74, 6) is 1.23. The van der Waals surface area contributed by atoms with Crippen molar-refractivity contribution in [3.63, 3.8) is 0 Å². The van der Waals surface area contributed by atoms with Gasteiger partial charge in [-0.1, -0.05) is 25.7 Å². The SMILES string of the molecule is Cc1nnc([C@]23CCC[C@H]2CN(C(=O)CCCCCCCC(=O)O)C3)o1. The van der Waals surface area contributed by atoms with Gasteiger partial charge in [0.2, 0.25) is 17.7 Å². The van der Waals surface area contributed by atoms with Gasteiger partial charge < -0.3 is 14.4 Å². The van der Waals surface area contributed by atoms with Crippen molar-refractivity contribution in [1.82, 2.24) is 15.1 Å². The second-order valence-electron chi connectivity index (χ2n) is 7.81. The van der Waals surface area contributed by atoms with Gasteiger partial charge in [-0.15, -0.1) is 10.2 Å². The molecule has 0 unspecified atom stereocenters. The number of likely N-dealkylation sites (tertiary alicyclic amines) is 1.